The summed E-state index contributed by atoms with van der Waals surface area (Å²) in [6.07, 6.45) is 23.1. The molecule has 0 aliphatic carbocycles. The summed E-state index contributed by atoms with van der Waals surface area (Å²) in [7, 11) is -0.273. The maximum Gasteiger partial charge on any atom is 0.505 e. The number of hydrogen-bond donors (Lipinski definition) is 0. The van der Waals surface area contributed by atoms with Gasteiger partial charge < -0.3 is 9.31 Å². The molecular weight excluding hydrogens is 491 g/mol. The van der Waals surface area contributed by atoms with Crippen LogP contribution in [0.1, 0.15) is 139 Å². The van der Waals surface area contributed by atoms with E-state index in [0.717, 1.165) is 6.42 Å². The fraction of sp³-hybridized carbons (Fsp3) is 0.688. The molecule has 1 fully saturated rings. The smallest absolute Gasteiger partial charge is 0.399 e. The summed E-state index contributed by atoms with van der Waals surface area (Å²) in [5, 5.41) is 2.26. The van der Waals surface area contributed by atoms with E-state index in [1.165, 1.54) is 109 Å². The van der Waals surface area contributed by atoms with Crippen molar-refractivity contribution in [2.45, 2.75) is 143 Å². The maximum absolute atomic E-state index is 6.40. The summed E-state index contributed by atoms with van der Waals surface area (Å²) < 4.78 is 14.0. The average molecular weight is 543 g/mol. The molecule has 1 aliphatic rings. The van der Waals surface area contributed by atoms with Crippen molar-refractivity contribution in [2.24, 2.45) is 0 Å². The van der Waals surface area contributed by atoms with Crippen molar-refractivity contribution in [3.8, 4) is 0 Å². The Morgan fingerprint density at radius 3 is 1.81 bits per heavy atom. The molecule has 0 atom stereocenters. The summed E-state index contributed by atoms with van der Waals surface area (Å²) in [6, 6.07) is 4.70. The van der Waals surface area contributed by atoms with E-state index >= 15 is 0 Å². The van der Waals surface area contributed by atoms with Crippen LogP contribution in [0.15, 0.2) is 17.5 Å². The Hall–Kier alpha value is -0.875. The molecule has 0 N–H and O–H groups in total. The summed E-state index contributed by atoms with van der Waals surface area (Å²) >= 11 is 3.73. The molecule has 5 heteroatoms. The first kappa shape index (κ1) is 30.7. The molecule has 2 nitrogen and oxygen atoms in total. The largest absolute Gasteiger partial charge is 0.505 e. The van der Waals surface area contributed by atoms with E-state index in [-0.39, 0.29) is 18.3 Å². The lowest BCUT2D eigenvalue weighted by Crippen LogP contribution is -2.41. The lowest BCUT2D eigenvalue weighted by Gasteiger charge is -2.32. The van der Waals surface area contributed by atoms with Gasteiger partial charge in [-0.15, -0.1) is 22.7 Å². The van der Waals surface area contributed by atoms with E-state index in [1.54, 1.807) is 0 Å². The number of unbranched alkanes of at least 4 members (excludes halogenated alkanes) is 10. The van der Waals surface area contributed by atoms with E-state index in [0.29, 0.717) is 0 Å². The minimum Gasteiger partial charge on any atom is -0.399 e. The highest BCUT2D eigenvalue weighted by molar-refractivity contribution is 7.23. The normalized spacial score (nSPS) is 16.9. The van der Waals surface area contributed by atoms with Gasteiger partial charge in [-0.25, -0.2) is 0 Å². The molecule has 2 aromatic rings. The van der Waals surface area contributed by atoms with E-state index in [1.807, 2.05) is 22.7 Å². The second kappa shape index (κ2) is 15.1. The zero-order valence-corrected chi connectivity index (χ0v) is 26.1. The van der Waals surface area contributed by atoms with Gasteiger partial charge in [0.2, 0.25) is 0 Å². The molecule has 1 saturated heterocycles. The third-order valence-corrected chi connectivity index (χ3v) is 10.2. The van der Waals surface area contributed by atoms with Gasteiger partial charge in [-0.3, -0.25) is 0 Å². The number of hydrogen-bond acceptors (Lipinski definition) is 4. The van der Waals surface area contributed by atoms with Gasteiger partial charge in [0.15, 0.2) is 0 Å². The summed E-state index contributed by atoms with van der Waals surface area (Å²) in [6.45, 7) is 13.1. The van der Waals surface area contributed by atoms with Crippen LogP contribution >= 0.6 is 22.7 Å². The fourth-order valence-electron chi connectivity index (χ4n) is 4.92. The molecule has 3 rings (SSSR count). The topological polar surface area (TPSA) is 18.5 Å². The summed E-state index contributed by atoms with van der Waals surface area (Å²) in [5.74, 6) is 0. The van der Waals surface area contributed by atoms with Crippen molar-refractivity contribution in [1.29, 1.82) is 0 Å². The molecule has 37 heavy (non-hydrogen) atoms. The van der Waals surface area contributed by atoms with Crippen molar-refractivity contribution in [1.82, 2.24) is 0 Å². The Balaban J connectivity index is 1.68. The molecule has 0 unspecified atom stereocenters. The highest BCUT2D eigenvalue weighted by atomic mass is 32.1. The molecular formula is C32H51BO2S2. The van der Waals surface area contributed by atoms with Crippen LogP contribution in [0.5, 0.6) is 0 Å². The van der Waals surface area contributed by atoms with Gasteiger partial charge in [-0.05, 0) is 94.2 Å². The first-order chi connectivity index (χ1) is 17.8. The fourth-order valence-corrected chi connectivity index (χ4v) is 6.84. The lowest BCUT2D eigenvalue weighted by atomic mass is 9.87. The SMILES string of the molecule is CCCCCCCCc1ccsc1/C=C/c1sc(B2OC(C)(C)C(C)(C)O2)cc1CCCCCCCC. The monoisotopic (exact) mass is 542 g/mol. The minimum atomic E-state index is -0.306. The second-order valence-electron chi connectivity index (χ2n) is 11.8. The van der Waals surface area contributed by atoms with Gasteiger partial charge in [0.05, 0.1) is 11.2 Å². The lowest BCUT2D eigenvalue weighted by molar-refractivity contribution is 0.00578. The van der Waals surface area contributed by atoms with Crippen LogP contribution in [0.4, 0.5) is 0 Å². The molecule has 0 radical (unpaired) electrons. The van der Waals surface area contributed by atoms with Crippen molar-refractivity contribution < 1.29 is 9.31 Å². The van der Waals surface area contributed by atoms with Gasteiger partial charge in [-0.1, -0.05) is 78.1 Å². The zero-order valence-electron chi connectivity index (χ0n) is 24.5. The number of aryl methyl sites for hydroxylation is 2. The number of rotatable bonds is 17. The second-order valence-corrected chi connectivity index (χ2v) is 13.9. The van der Waals surface area contributed by atoms with Crippen LogP contribution in [0.2, 0.25) is 0 Å². The standard InChI is InChI=1S/C32H51BO2S2/c1-7-9-11-13-15-17-19-26-23-24-36-28(26)21-22-29-27(20-18-16-14-12-10-8-2)25-30(37-29)33-34-31(3,4)32(5,6)35-33/h21-25H,7-20H2,1-6H3/b22-21+. The summed E-state index contributed by atoms with van der Waals surface area (Å²) in [5.41, 5.74) is 2.35. The number of thiophene rings is 2. The van der Waals surface area contributed by atoms with Crippen LogP contribution in [-0.4, -0.2) is 18.3 Å². The maximum atomic E-state index is 6.40. The predicted molar refractivity (Wildman–Crippen MR) is 167 cm³/mol. The molecule has 0 saturated carbocycles. The van der Waals surface area contributed by atoms with Gasteiger partial charge in [0.25, 0.3) is 0 Å². The van der Waals surface area contributed by atoms with Crippen LogP contribution in [0, 0.1) is 0 Å². The molecule has 0 amide bonds. The molecule has 206 valence electrons. The third kappa shape index (κ3) is 9.09. The molecule has 1 aliphatic heterocycles. The minimum absolute atomic E-state index is 0.273. The zero-order chi connectivity index (χ0) is 26.7. The summed E-state index contributed by atoms with van der Waals surface area (Å²) in [4.78, 5) is 2.79. The van der Waals surface area contributed by atoms with Gasteiger partial charge in [0, 0.05) is 14.5 Å². The van der Waals surface area contributed by atoms with Crippen LogP contribution in [0.3, 0.4) is 0 Å². The van der Waals surface area contributed by atoms with Gasteiger partial charge in [-0.2, -0.15) is 0 Å². The van der Waals surface area contributed by atoms with Crippen molar-refractivity contribution in [2.75, 3.05) is 0 Å². The predicted octanol–water partition coefficient (Wildman–Crippen LogP) is 10.1. The quantitative estimate of drug-likeness (QED) is 0.146. The van der Waals surface area contributed by atoms with Crippen LogP contribution < -0.4 is 4.78 Å². The van der Waals surface area contributed by atoms with E-state index in [4.69, 9.17) is 9.31 Å². The van der Waals surface area contributed by atoms with Gasteiger partial charge in [0.1, 0.15) is 0 Å². The van der Waals surface area contributed by atoms with Crippen molar-refractivity contribution in [3.63, 3.8) is 0 Å². The molecule has 3 heterocycles. The van der Waals surface area contributed by atoms with Crippen molar-refractivity contribution >= 4 is 46.7 Å². The first-order valence-electron chi connectivity index (χ1n) is 15.0. The van der Waals surface area contributed by atoms with E-state index < -0.39 is 0 Å². The first-order valence-corrected chi connectivity index (χ1v) is 16.7. The Kier molecular flexibility index (Phi) is 12.5. The third-order valence-electron chi connectivity index (χ3n) is 8.11. The van der Waals surface area contributed by atoms with Crippen molar-refractivity contribution in [3.05, 3.63) is 38.4 Å². The molecule has 0 spiro atoms. The van der Waals surface area contributed by atoms with Crippen LogP contribution in [0.25, 0.3) is 12.2 Å². The van der Waals surface area contributed by atoms with E-state index in [9.17, 15) is 0 Å². The van der Waals surface area contributed by atoms with E-state index in [2.05, 4.69) is 71.2 Å². The van der Waals surface area contributed by atoms with Crippen LogP contribution in [-0.2, 0) is 22.2 Å². The molecule has 0 bridgehead atoms. The Bertz CT molecular complexity index is 940. The van der Waals surface area contributed by atoms with Gasteiger partial charge >= 0.3 is 7.12 Å². The Morgan fingerprint density at radius 2 is 1.22 bits per heavy atom. The molecule has 2 aromatic heterocycles. The highest BCUT2D eigenvalue weighted by Crippen LogP contribution is 2.37. The average Bonchev–Trinajstić information content (AvgIpc) is 3.53. The molecule has 0 aromatic carbocycles. The Morgan fingerprint density at radius 1 is 0.703 bits per heavy atom. The highest BCUT2D eigenvalue weighted by Gasteiger charge is 2.52. The Labute approximate surface area is 236 Å².